The number of nitrogens with zero attached hydrogens (tertiary/aromatic N) is 3. The SMILES string of the molecule is N#Cc1nc2ccccc2cc1C#CCN1CCNCC1. The second-order valence-corrected chi connectivity index (χ2v) is 5.02. The molecule has 2 aromatic rings. The fraction of sp³-hybridized carbons (Fsp3) is 0.294. The van der Waals surface area contributed by atoms with Crippen molar-refractivity contribution in [2.75, 3.05) is 32.7 Å². The van der Waals surface area contributed by atoms with Gasteiger partial charge in [0.05, 0.1) is 17.6 Å². The van der Waals surface area contributed by atoms with Crippen molar-refractivity contribution in [3.63, 3.8) is 0 Å². The minimum atomic E-state index is 0.404. The van der Waals surface area contributed by atoms with Crippen LogP contribution in [0, 0.1) is 23.2 Å². The molecule has 0 atom stereocenters. The average Bonchev–Trinajstić information content (AvgIpc) is 2.55. The Morgan fingerprint density at radius 1 is 1.24 bits per heavy atom. The molecule has 0 spiro atoms. The van der Waals surface area contributed by atoms with E-state index in [1.54, 1.807) is 0 Å². The maximum Gasteiger partial charge on any atom is 0.156 e. The predicted molar refractivity (Wildman–Crippen MR) is 82.6 cm³/mol. The Morgan fingerprint density at radius 3 is 2.86 bits per heavy atom. The third kappa shape index (κ3) is 3.20. The van der Waals surface area contributed by atoms with Crippen LogP contribution in [0.3, 0.4) is 0 Å². The number of para-hydroxylation sites is 1. The Labute approximate surface area is 124 Å². The number of pyridine rings is 1. The summed E-state index contributed by atoms with van der Waals surface area (Å²) in [5.41, 5.74) is 1.95. The number of hydrogen-bond donors (Lipinski definition) is 1. The molecule has 0 unspecified atom stereocenters. The highest BCUT2D eigenvalue weighted by atomic mass is 15.2. The Morgan fingerprint density at radius 2 is 2.05 bits per heavy atom. The molecule has 4 heteroatoms. The molecule has 1 aromatic carbocycles. The molecule has 21 heavy (non-hydrogen) atoms. The molecule has 104 valence electrons. The van der Waals surface area contributed by atoms with Gasteiger partial charge in [0.15, 0.2) is 5.69 Å². The van der Waals surface area contributed by atoms with E-state index in [1.165, 1.54) is 0 Å². The van der Waals surface area contributed by atoms with Crippen LogP contribution in [0.25, 0.3) is 10.9 Å². The molecule has 0 amide bonds. The van der Waals surface area contributed by atoms with Gasteiger partial charge in [0.2, 0.25) is 0 Å². The first-order chi connectivity index (χ1) is 10.4. The van der Waals surface area contributed by atoms with Gasteiger partial charge < -0.3 is 5.32 Å². The van der Waals surface area contributed by atoms with Crippen molar-refractivity contribution in [1.29, 1.82) is 5.26 Å². The standard InChI is InChI=1S/C17H16N4/c18-13-17-15(5-3-9-21-10-7-19-8-11-21)12-14-4-1-2-6-16(14)20-17/h1-2,4,6,12,19H,7-11H2. The van der Waals surface area contributed by atoms with E-state index < -0.39 is 0 Å². The predicted octanol–water partition coefficient (Wildman–Crippen LogP) is 1.36. The monoisotopic (exact) mass is 276 g/mol. The van der Waals surface area contributed by atoms with Gasteiger partial charge in [-0.3, -0.25) is 4.90 Å². The summed E-state index contributed by atoms with van der Waals surface area (Å²) in [5, 5.41) is 13.6. The van der Waals surface area contributed by atoms with E-state index in [0.717, 1.165) is 43.6 Å². The van der Waals surface area contributed by atoms with Gasteiger partial charge in [-0.15, -0.1) is 0 Å². The van der Waals surface area contributed by atoms with E-state index in [-0.39, 0.29) is 0 Å². The molecule has 1 aliphatic rings. The zero-order valence-corrected chi connectivity index (χ0v) is 11.8. The molecular formula is C17H16N4. The Kier molecular flexibility index (Phi) is 4.12. The minimum Gasteiger partial charge on any atom is -0.314 e. The molecule has 1 aliphatic heterocycles. The molecule has 0 aliphatic carbocycles. The van der Waals surface area contributed by atoms with Crippen molar-refractivity contribution in [2.45, 2.75) is 0 Å². The van der Waals surface area contributed by atoms with Crippen LogP contribution in [0.4, 0.5) is 0 Å². The van der Waals surface area contributed by atoms with E-state index in [1.807, 2.05) is 30.3 Å². The Hall–Kier alpha value is -2.40. The topological polar surface area (TPSA) is 52.0 Å². The number of fused-ring (bicyclic) bond motifs is 1. The van der Waals surface area contributed by atoms with Crippen molar-refractivity contribution < 1.29 is 0 Å². The average molecular weight is 276 g/mol. The molecule has 3 rings (SSSR count). The number of piperazine rings is 1. The highest BCUT2D eigenvalue weighted by Gasteiger charge is 2.07. The normalized spacial score (nSPS) is 15.2. The summed E-state index contributed by atoms with van der Waals surface area (Å²) in [7, 11) is 0. The van der Waals surface area contributed by atoms with Crippen molar-refractivity contribution in [1.82, 2.24) is 15.2 Å². The fourth-order valence-electron chi connectivity index (χ4n) is 2.41. The summed E-state index contributed by atoms with van der Waals surface area (Å²) in [6.45, 7) is 4.82. The van der Waals surface area contributed by atoms with Gasteiger partial charge in [0.25, 0.3) is 0 Å². The van der Waals surface area contributed by atoms with E-state index in [0.29, 0.717) is 11.3 Å². The summed E-state index contributed by atoms with van der Waals surface area (Å²) in [6.07, 6.45) is 0. The van der Waals surface area contributed by atoms with Gasteiger partial charge in [0, 0.05) is 31.6 Å². The van der Waals surface area contributed by atoms with Crippen molar-refractivity contribution in [3.8, 4) is 17.9 Å². The zero-order valence-electron chi connectivity index (χ0n) is 11.8. The molecule has 0 saturated carbocycles. The number of hydrogen-bond acceptors (Lipinski definition) is 4. The molecule has 1 N–H and O–H groups in total. The first-order valence-electron chi connectivity index (χ1n) is 7.08. The molecule has 1 saturated heterocycles. The number of aromatic nitrogens is 1. The van der Waals surface area contributed by atoms with Crippen LogP contribution in [0.5, 0.6) is 0 Å². The van der Waals surface area contributed by atoms with Crippen LogP contribution in [-0.2, 0) is 0 Å². The lowest BCUT2D eigenvalue weighted by Gasteiger charge is -2.24. The smallest absolute Gasteiger partial charge is 0.156 e. The van der Waals surface area contributed by atoms with Crippen LogP contribution in [-0.4, -0.2) is 42.6 Å². The molecular weight excluding hydrogens is 260 g/mol. The number of nitrogens with one attached hydrogen (secondary N) is 1. The van der Waals surface area contributed by atoms with E-state index in [2.05, 4.69) is 33.1 Å². The largest absolute Gasteiger partial charge is 0.314 e. The third-order valence-corrected chi connectivity index (χ3v) is 3.57. The quantitative estimate of drug-likeness (QED) is 0.799. The van der Waals surface area contributed by atoms with Crippen LogP contribution in [0.1, 0.15) is 11.3 Å². The van der Waals surface area contributed by atoms with Crippen LogP contribution in [0.15, 0.2) is 30.3 Å². The number of nitriles is 1. The second kappa shape index (κ2) is 6.37. The van der Waals surface area contributed by atoms with Gasteiger partial charge in [-0.25, -0.2) is 4.98 Å². The fourth-order valence-corrected chi connectivity index (χ4v) is 2.41. The third-order valence-electron chi connectivity index (χ3n) is 3.57. The Balaban J connectivity index is 1.84. The van der Waals surface area contributed by atoms with E-state index in [9.17, 15) is 5.26 Å². The maximum atomic E-state index is 9.23. The lowest BCUT2D eigenvalue weighted by atomic mass is 10.1. The highest BCUT2D eigenvalue weighted by molar-refractivity contribution is 5.81. The molecule has 1 fully saturated rings. The van der Waals surface area contributed by atoms with Crippen LogP contribution >= 0.6 is 0 Å². The molecule has 2 heterocycles. The summed E-state index contributed by atoms with van der Waals surface area (Å²) in [5.74, 6) is 6.27. The van der Waals surface area contributed by atoms with Gasteiger partial charge in [-0.05, 0) is 12.1 Å². The van der Waals surface area contributed by atoms with Gasteiger partial charge in [0.1, 0.15) is 6.07 Å². The molecule has 4 nitrogen and oxygen atoms in total. The highest BCUT2D eigenvalue weighted by Crippen LogP contribution is 2.15. The van der Waals surface area contributed by atoms with Crippen molar-refractivity contribution >= 4 is 10.9 Å². The molecule has 0 radical (unpaired) electrons. The van der Waals surface area contributed by atoms with Gasteiger partial charge >= 0.3 is 0 Å². The zero-order chi connectivity index (χ0) is 14.5. The van der Waals surface area contributed by atoms with E-state index >= 15 is 0 Å². The molecule has 1 aromatic heterocycles. The summed E-state index contributed by atoms with van der Waals surface area (Å²) in [6, 6.07) is 11.9. The van der Waals surface area contributed by atoms with Crippen LogP contribution in [0.2, 0.25) is 0 Å². The summed E-state index contributed by atoms with van der Waals surface area (Å²) >= 11 is 0. The maximum absolute atomic E-state index is 9.23. The summed E-state index contributed by atoms with van der Waals surface area (Å²) in [4.78, 5) is 6.68. The molecule has 0 bridgehead atoms. The van der Waals surface area contributed by atoms with Gasteiger partial charge in [-0.1, -0.05) is 30.0 Å². The summed E-state index contributed by atoms with van der Waals surface area (Å²) < 4.78 is 0. The van der Waals surface area contributed by atoms with E-state index in [4.69, 9.17) is 0 Å². The second-order valence-electron chi connectivity index (χ2n) is 5.02. The lowest BCUT2D eigenvalue weighted by Crippen LogP contribution is -2.43. The lowest BCUT2D eigenvalue weighted by molar-refractivity contribution is 0.268. The number of benzene rings is 1. The minimum absolute atomic E-state index is 0.404. The first-order valence-corrected chi connectivity index (χ1v) is 7.08. The van der Waals surface area contributed by atoms with Crippen LogP contribution < -0.4 is 5.32 Å². The van der Waals surface area contributed by atoms with Crippen molar-refractivity contribution in [2.24, 2.45) is 0 Å². The first kappa shape index (κ1) is 13.6. The number of rotatable bonds is 1. The Bertz CT molecular complexity index is 743. The van der Waals surface area contributed by atoms with Gasteiger partial charge in [-0.2, -0.15) is 5.26 Å². The van der Waals surface area contributed by atoms with Crippen molar-refractivity contribution in [3.05, 3.63) is 41.6 Å².